The minimum atomic E-state index is 0.544. The molecule has 2 heterocycles. The van der Waals surface area contributed by atoms with Gasteiger partial charge < -0.3 is 0 Å². The molecule has 0 saturated carbocycles. The normalized spacial score (nSPS) is 11.6. The first-order chi connectivity index (χ1) is 14.3. The van der Waals surface area contributed by atoms with Gasteiger partial charge in [0.2, 0.25) is 4.77 Å². The summed E-state index contributed by atoms with van der Waals surface area (Å²) in [7, 11) is 0. The predicted molar refractivity (Wildman–Crippen MR) is 125 cm³/mol. The molecule has 0 aliphatic rings. The van der Waals surface area contributed by atoms with E-state index in [4.69, 9.17) is 17.2 Å². The highest BCUT2D eigenvalue weighted by molar-refractivity contribution is 7.71. The first kappa shape index (κ1) is 21.9. The molecule has 29 heavy (non-hydrogen) atoms. The number of benzene rings is 1. The van der Waals surface area contributed by atoms with E-state index in [2.05, 4.69) is 23.1 Å². The number of hydrogen-bond donors (Lipinski definition) is 1. The minimum absolute atomic E-state index is 0.544. The van der Waals surface area contributed by atoms with Crippen LogP contribution in [0.25, 0.3) is 16.6 Å². The first-order valence-electron chi connectivity index (χ1n) is 11.7. The Kier molecular flexibility index (Phi) is 9.13. The second-order valence-electron chi connectivity index (χ2n) is 8.23. The number of aromatic nitrogens is 4. The Bertz CT molecular complexity index is 927. The summed E-state index contributed by atoms with van der Waals surface area (Å²) in [5.74, 6) is 1.01. The van der Waals surface area contributed by atoms with E-state index in [-0.39, 0.29) is 0 Å². The minimum Gasteiger partial charge on any atom is -0.277 e. The van der Waals surface area contributed by atoms with Crippen molar-refractivity contribution in [2.24, 2.45) is 0 Å². The van der Waals surface area contributed by atoms with E-state index < -0.39 is 0 Å². The lowest BCUT2D eigenvalue weighted by Crippen LogP contribution is -1.95. The van der Waals surface area contributed by atoms with Gasteiger partial charge in [0.05, 0.1) is 5.52 Å². The molecule has 4 nitrogen and oxygen atoms in total. The number of rotatable bonds is 14. The third kappa shape index (κ3) is 6.63. The molecule has 0 aliphatic carbocycles. The largest absolute Gasteiger partial charge is 0.277 e. The summed E-state index contributed by atoms with van der Waals surface area (Å²) in [6.07, 6.45) is 18.9. The summed E-state index contributed by atoms with van der Waals surface area (Å²) >= 11 is 5.41. The molecule has 0 atom stereocenters. The standard InChI is InChI=1S/C24H36N4S/c1-2-3-4-5-6-7-8-9-10-11-12-13-14-19-22-26-23-20-17-15-16-18-21(20)25-24(29)28(23)27-22/h15-18H,2-14,19H2,1H3,(H,26,27). The summed E-state index contributed by atoms with van der Waals surface area (Å²) in [5.41, 5.74) is 1.81. The molecule has 0 fully saturated rings. The molecule has 0 amide bonds. The molecule has 3 aromatic rings. The summed E-state index contributed by atoms with van der Waals surface area (Å²) in [5, 5.41) is 4.39. The molecular weight excluding hydrogens is 376 g/mol. The van der Waals surface area contributed by atoms with Crippen LogP contribution in [0, 0.1) is 4.77 Å². The lowest BCUT2D eigenvalue weighted by molar-refractivity contribution is 0.538. The highest BCUT2D eigenvalue weighted by atomic mass is 32.1. The molecule has 2 aromatic heterocycles. The van der Waals surface area contributed by atoms with Crippen molar-refractivity contribution in [1.29, 1.82) is 0 Å². The van der Waals surface area contributed by atoms with E-state index in [1.54, 1.807) is 0 Å². The number of unbranched alkanes of at least 4 members (excludes halogenated alkanes) is 12. The number of aryl methyl sites for hydroxylation is 1. The van der Waals surface area contributed by atoms with Gasteiger partial charge in [-0.05, 0) is 30.8 Å². The zero-order chi connectivity index (χ0) is 20.3. The molecular formula is C24H36N4S. The molecule has 0 unspecified atom stereocenters. The van der Waals surface area contributed by atoms with E-state index in [0.717, 1.165) is 28.8 Å². The molecule has 3 rings (SSSR count). The zero-order valence-corrected chi connectivity index (χ0v) is 18.8. The van der Waals surface area contributed by atoms with Crippen molar-refractivity contribution in [3.8, 4) is 0 Å². The van der Waals surface area contributed by atoms with Crippen molar-refractivity contribution in [2.45, 2.75) is 96.8 Å². The van der Waals surface area contributed by atoms with Crippen LogP contribution in [0.3, 0.4) is 0 Å². The molecule has 0 saturated heterocycles. The maximum absolute atomic E-state index is 5.41. The van der Waals surface area contributed by atoms with Gasteiger partial charge in [-0.3, -0.25) is 5.10 Å². The lowest BCUT2D eigenvalue weighted by Gasteiger charge is -2.02. The van der Waals surface area contributed by atoms with Crippen molar-refractivity contribution in [3.63, 3.8) is 0 Å². The van der Waals surface area contributed by atoms with Crippen LogP contribution in [-0.4, -0.2) is 19.6 Å². The Morgan fingerprint density at radius 3 is 2.03 bits per heavy atom. The Morgan fingerprint density at radius 2 is 1.38 bits per heavy atom. The topological polar surface area (TPSA) is 46.0 Å². The van der Waals surface area contributed by atoms with Gasteiger partial charge in [-0.15, -0.1) is 0 Å². The van der Waals surface area contributed by atoms with E-state index in [1.165, 1.54) is 83.5 Å². The second kappa shape index (κ2) is 12.1. The maximum Gasteiger partial charge on any atom is 0.221 e. The van der Waals surface area contributed by atoms with Gasteiger partial charge in [0.15, 0.2) is 5.65 Å². The van der Waals surface area contributed by atoms with Gasteiger partial charge in [0, 0.05) is 11.8 Å². The van der Waals surface area contributed by atoms with Crippen LogP contribution in [0.4, 0.5) is 0 Å². The molecule has 0 aliphatic heterocycles. The average Bonchev–Trinajstić information content (AvgIpc) is 3.17. The Hall–Kier alpha value is -1.75. The van der Waals surface area contributed by atoms with E-state index in [1.807, 2.05) is 22.7 Å². The van der Waals surface area contributed by atoms with Crippen LogP contribution < -0.4 is 0 Å². The fourth-order valence-electron chi connectivity index (χ4n) is 4.04. The highest BCUT2D eigenvalue weighted by Crippen LogP contribution is 2.18. The lowest BCUT2D eigenvalue weighted by atomic mass is 10.0. The van der Waals surface area contributed by atoms with Crippen molar-refractivity contribution in [3.05, 3.63) is 34.9 Å². The molecule has 1 N–H and O–H groups in total. The highest BCUT2D eigenvalue weighted by Gasteiger charge is 2.08. The third-order valence-electron chi connectivity index (χ3n) is 5.76. The van der Waals surface area contributed by atoms with Gasteiger partial charge >= 0.3 is 0 Å². The van der Waals surface area contributed by atoms with Gasteiger partial charge in [0.25, 0.3) is 0 Å². The fourth-order valence-corrected chi connectivity index (χ4v) is 4.27. The number of H-pyrrole nitrogens is 1. The third-order valence-corrected chi connectivity index (χ3v) is 6.04. The smallest absolute Gasteiger partial charge is 0.221 e. The Morgan fingerprint density at radius 1 is 0.793 bits per heavy atom. The quantitative estimate of drug-likeness (QED) is 0.219. The second-order valence-corrected chi connectivity index (χ2v) is 8.60. The predicted octanol–water partition coefficient (Wildman–Crippen LogP) is 7.57. The molecule has 0 spiro atoms. The van der Waals surface area contributed by atoms with Crippen molar-refractivity contribution in [2.75, 3.05) is 0 Å². The Labute approximate surface area is 180 Å². The van der Waals surface area contributed by atoms with Gasteiger partial charge in [-0.25, -0.2) is 14.5 Å². The van der Waals surface area contributed by atoms with Crippen LogP contribution >= 0.6 is 12.2 Å². The summed E-state index contributed by atoms with van der Waals surface area (Å²) < 4.78 is 2.39. The van der Waals surface area contributed by atoms with E-state index >= 15 is 0 Å². The molecule has 1 aromatic carbocycles. The van der Waals surface area contributed by atoms with E-state index in [9.17, 15) is 0 Å². The first-order valence-corrected chi connectivity index (χ1v) is 12.1. The number of nitrogens with zero attached hydrogens (tertiary/aromatic N) is 3. The van der Waals surface area contributed by atoms with Gasteiger partial charge in [-0.2, -0.15) is 0 Å². The number of hydrogen-bond acceptors (Lipinski definition) is 3. The van der Waals surface area contributed by atoms with E-state index in [0.29, 0.717) is 4.77 Å². The SMILES string of the molecule is CCCCCCCCCCCCCCCc1nc2c3ccccc3nc(=S)n2[nH]1. The van der Waals surface area contributed by atoms with Gasteiger partial charge in [0.1, 0.15) is 5.82 Å². The Balaban J connectivity index is 1.31. The summed E-state index contributed by atoms with van der Waals surface area (Å²) in [6, 6.07) is 8.06. The zero-order valence-electron chi connectivity index (χ0n) is 18.0. The van der Waals surface area contributed by atoms with Crippen molar-refractivity contribution < 1.29 is 0 Å². The maximum atomic E-state index is 5.41. The van der Waals surface area contributed by atoms with Crippen LogP contribution in [0.15, 0.2) is 24.3 Å². The molecule has 158 valence electrons. The monoisotopic (exact) mass is 412 g/mol. The fraction of sp³-hybridized carbons (Fsp3) is 0.625. The molecule has 0 radical (unpaired) electrons. The summed E-state index contributed by atoms with van der Waals surface area (Å²) in [6.45, 7) is 2.28. The van der Waals surface area contributed by atoms with Crippen molar-refractivity contribution >= 4 is 28.8 Å². The number of fused-ring (bicyclic) bond motifs is 3. The molecule has 0 bridgehead atoms. The number of para-hydroxylation sites is 1. The number of nitrogens with one attached hydrogen (secondary N) is 1. The summed E-state index contributed by atoms with van der Waals surface area (Å²) in [4.78, 5) is 9.29. The molecule has 5 heteroatoms. The van der Waals surface area contributed by atoms with Crippen LogP contribution in [0.5, 0.6) is 0 Å². The van der Waals surface area contributed by atoms with Crippen LogP contribution in [0.2, 0.25) is 0 Å². The van der Waals surface area contributed by atoms with Gasteiger partial charge in [-0.1, -0.05) is 96.1 Å². The van der Waals surface area contributed by atoms with Crippen LogP contribution in [-0.2, 0) is 6.42 Å². The van der Waals surface area contributed by atoms with Crippen molar-refractivity contribution in [1.82, 2.24) is 19.6 Å². The number of aromatic amines is 1. The average molecular weight is 413 g/mol. The van der Waals surface area contributed by atoms with Crippen LogP contribution in [0.1, 0.15) is 96.2 Å².